The molecule has 1 aromatic carbocycles. The SMILES string of the molecule is Cc1cc(C(C)NC(=O)CCc2ccccc2N)c(C)s1.Cl. The topological polar surface area (TPSA) is 55.1 Å². The molecule has 1 amide bonds. The van der Waals surface area contributed by atoms with Gasteiger partial charge in [0.1, 0.15) is 0 Å². The van der Waals surface area contributed by atoms with Crippen molar-refractivity contribution in [2.75, 3.05) is 5.73 Å². The number of halogens is 1. The van der Waals surface area contributed by atoms with Crippen molar-refractivity contribution in [3.63, 3.8) is 0 Å². The van der Waals surface area contributed by atoms with Crippen LogP contribution in [0.25, 0.3) is 0 Å². The number of hydrogen-bond donors (Lipinski definition) is 2. The summed E-state index contributed by atoms with van der Waals surface area (Å²) in [5, 5.41) is 3.07. The summed E-state index contributed by atoms with van der Waals surface area (Å²) < 4.78 is 0. The van der Waals surface area contributed by atoms with E-state index in [1.807, 2.05) is 31.2 Å². The molecule has 0 aliphatic heterocycles. The molecule has 0 bridgehead atoms. The van der Waals surface area contributed by atoms with Gasteiger partial charge in [-0.05, 0) is 50.5 Å². The minimum atomic E-state index is 0. The van der Waals surface area contributed by atoms with Crippen LogP contribution in [0.2, 0.25) is 0 Å². The highest BCUT2D eigenvalue weighted by Crippen LogP contribution is 2.26. The zero-order chi connectivity index (χ0) is 15.4. The molecule has 0 radical (unpaired) electrons. The van der Waals surface area contributed by atoms with Crippen molar-refractivity contribution in [3.8, 4) is 0 Å². The van der Waals surface area contributed by atoms with Crippen molar-refractivity contribution in [2.45, 2.75) is 39.7 Å². The summed E-state index contributed by atoms with van der Waals surface area (Å²) in [6, 6.07) is 9.90. The number of carbonyl (C=O) groups excluding carboxylic acids is 1. The first-order valence-corrected chi connectivity index (χ1v) is 7.98. The molecule has 3 nitrogen and oxygen atoms in total. The second-order valence-electron chi connectivity index (χ2n) is 5.36. The van der Waals surface area contributed by atoms with E-state index in [1.54, 1.807) is 11.3 Å². The fourth-order valence-corrected chi connectivity index (χ4v) is 3.50. The summed E-state index contributed by atoms with van der Waals surface area (Å²) >= 11 is 1.77. The smallest absolute Gasteiger partial charge is 0.220 e. The van der Waals surface area contributed by atoms with Crippen LogP contribution in [0.15, 0.2) is 30.3 Å². The van der Waals surface area contributed by atoms with Gasteiger partial charge in [0.05, 0.1) is 6.04 Å². The van der Waals surface area contributed by atoms with Gasteiger partial charge in [-0.3, -0.25) is 4.79 Å². The quantitative estimate of drug-likeness (QED) is 0.803. The van der Waals surface area contributed by atoms with Gasteiger partial charge in [0.25, 0.3) is 0 Å². The molecule has 0 saturated carbocycles. The largest absolute Gasteiger partial charge is 0.399 e. The fourth-order valence-electron chi connectivity index (χ4n) is 2.48. The van der Waals surface area contributed by atoms with Crippen molar-refractivity contribution in [1.82, 2.24) is 5.32 Å². The Bertz CT molecular complexity index is 639. The Balaban J connectivity index is 0.00000242. The third kappa shape index (κ3) is 4.75. The third-order valence-corrected chi connectivity index (χ3v) is 4.58. The number of anilines is 1. The van der Waals surface area contributed by atoms with Crippen LogP contribution in [-0.4, -0.2) is 5.91 Å². The van der Waals surface area contributed by atoms with Gasteiger partial charge < -0.3 is 11.1 Å². The van der Waals surface area contributed by atoms with Crippen LogP contribution in [0, 0.1) is 13.8 Å². The molecule has 0 aliphatic rings. The predicted octanol–water partition coefficient (Wildman–Crippen LogP) is 4.18. The van der Waals surface area contributed by atoms with Gasteiger partial charge in [0.15, 0.2) is 0 Å². The summed E-state index contributed by atoms with van der Waals surface area (Å²) in [6.45, 7) is 6.22. The molecule has 0 spiro atoms. The molecule has 0 aliphatic carbocycles. The van der Waals surface area contributed by atoms with Crippen molar-refractivity contribution < 1.29 is 4.79 Å². The number of nitrogen functional groups attached to an aromatic ring is 1. The van der Waals surface area contributed by atoms with Crippen LogP contribution in [0.1, 0.15) is 40.3 Å². The Labute approximate surface area is 142 Å². The Morgan fingerprint density at radius 2 is 2.00 bits per heavy atom. The highest BCUT2D eigenvalue weighted by molar-refractivity contribution is 7.12. The molecule has 120 valence electrons. The van der Waals surface area contributed by atoms with Gasteiger partial charge in [0, 0.05) is 21.9 Å². The first kappa shape index (κ1) is 18.5. The van der Waals surface area contributed by atoms with Crippen molar-refractivity contribution >= 4 is 35.3 Å². The van der Waals surface area contributed by atoms with Gasteiger partial charge in [-0.15, -0.1) is 23.7 Å². The number of hydrogen-bond acceptors (Lipinski definition) is 3. The number of para-hydroxylation sites is 1. The second kappa shape index (κ2) is 8.20. The first-order valence-electron chi connectivity index (χ1n) is 7.17. The molecule has 1 aromatic heterocycles. The van der Waals surface area contributed by atoms with E-state index >= 15 is 0 Å². The number of rotatable bonds is 5. The van der Waals surface area contributed by atoms with E-state index in [2.05, 4.69) is 25.2 Å². The van der Waals surface area contributed by atoms with E-state index < -0.39 is 0 Å². The standard InChI is InChI=1S/C17H22N2OS.ClH/c1-11-10-15(13(3)21-11)12(2)19-17(20)9-8-14-6-4-5-7-16(14)18;/h4-7,10,12H,8-9,18H2,1-3H3,(H,19,20);1H. The molecule has 1 heterocycles. The minimum Gasteiger partial charge on any atom is -0.399 e. The predicted molar refractivity (Wildman–Crippen MR) is 96.8 cm³/mol. The van der Waals surface area contributed by atoms with Crippen LogP contribution in [0.4, 0.5) is 5.69 Å². The van der Waals surface area contributed by atoms with Crippen molar-refractivity contribution in [3.05, 3.63) is 51.2 Å². The zero-order valence-corrected chi connectivity index (χ0v) is 14.8. The summed E-state index contributed by atoms with van der Waals surface area (Å²) in [5.74, 6) is 0.0639. The average molecular weight is 339 g/mol. The van der Waals surface area contributed by atoms with Crippen molar-refractivity contribution in [2.24, 2.45) is 0 Å². The second-order valence-corrected chi connectivity index (χ2v) is 6.82. The van der Waals surface area contributed by atoms with Crippen LogP contribution < -0.4 is 11.1 Å². The molecular weight excluding hydrogens is 316 g/mol. The van der Waals surface area contributed by atoms with E-state index in [4.69, 9.17) is 5.73 Å². The lowest BCUT2D eigenvalue weighted by molar-refractivity contribution is -0.121. The number of nitrogens with two attached hydrogens (primary N) is 1. The molecule has 3 N–H and O–H groups in total. The fraction of sp³-hybridized carbons (Fsp3) is 0.353. The number of thiophene rings is 1. The van der Waals surface area contributed by atoms with Crippen LogP contribution in [0.5, 0.6) is 0 Å². The van der Waals surface area contributed by atoms with Gasteiger partial charge in [-0.25, -0.2) is 0 Å². The molecule has 2 aromatic rings. The third-order valence-electron chi connectivity index (χ3n) is 3.60. The average Bonchev–Trinajstić information content (AvgIpc) is 2.77. The minimum absolute atomic E-state index is 0. The van der Waals surface area contributed by atoms with E-state index in [0.717, 1.165) is 11.3 Å². The monoisotopic (exact) mass is 338 g/mol. The van der Waals surface area contributed by atoms with Gasteiger partial charge in [0.2, 0.25) is 5.91 Å². The van der Waals surface area contributed by atoms with E-state index in [9.17, 15) is 4.79 Å². The summed E-state index contributed by atoms with van der Waals surface area (Å²) in [7, 11) is 0. The zero-order valence-electron chi connectivity index (χ0n) is 13.2. The molecule has 1 atom stereocenters. The van der Waals surface area contributed by atoms with E-state index in [1.165, 1.54) is 15.3 Å². The molecular formula is C17H23ClN2OS. The number of aryl methyl sites for hydroxylation is 3. The lowest BCUT2D eigenvalue weighted by Crippen LogP contribution is -2.27. The maximum atomic E-state index is 12.1. The molecule has 0 fully saturated rings. The van der Waals surface area contributed by atoms with Gasteiger partial charge in [-0.2, -0.15) is 0 Å². The number of amides is 1. The lowest BCUT2D eigenvalue weighted by Gasteiger charge is -2.14. The molecule has 22 heavy (non-hydrogen) atoms. The molecule has 2 rings (SSSR count). The molecule has 0 saturated heterocycles. The normalized spacial score (nSPS) is 11.6. The number of carbonyl (C=O) groups is 1. The van der Waals surface area contributed by atoms with Gasteiger partial charge >= 0.3 is 0 Å². The van der Waals surface area contributed by atoms with E-state index in [-0.39, 0.29) is 24.4 Å². The lowest BCUT2D eigenvalue weighted by atomic mass is 10.1. The number of benzene rings is 1. The highest BCUT2D eigenvalue weighted by atomic mass is 35.5. The summed E-state index contributed by atoms with van der Waals surface area (Å²) in [5.41, 5.74) is 8.89. The Hall–Kier alpha value is -1.52. The summed E-state index contributed by atoms with van der Waals surface area (Å²) in [4.78, 5) is 14.6. The highest BCUT2D eigenvalue weighted by Gasteiger charge is 2.14. The summed E-state index contributed by atoms with van der Waals surface area (Å²) in [6.07, 6.45) is 1.13. The van der Waals surface area contributed by atoms with Crippen LogP contribution >= 0.6 is 23.7 Å². The van der Waals surface area contributed by atoms with E-state index in [0.29, 0.717) is 12.8 Å². The maximum Gasteiger partial charge on any atom is 0.220 e. The van der Waals surface area contributed by atoms with Crippen LogP contribution in [0.3, 0.4) is 0 Å². The number of nitrogens with one attached hydrogen (secondary N) is 1. The Kier molecular flexibility index (Phi) is 6.91. The maximum absolute atomic E-state index is 12.1. The molecule has 1 unspecified atom stereocenters. The van der Waals surface area contributed by atoms with Crippen LogP contribution in [-0.2, 0) is 11.2 Å². The molecule has 5 heteroatoms. The van der Waals surface area contributed by atoms with Crippen molar-refractivity contribution in [1.29, 1.82) is 0 Å². The first-order chi connectivity index (χ1) is 9.97. The Morgan fingerprint density at radius 3 is 2.59 bits per heavy atom. The van der Waals surface area contributed by atoms with Gasteiger partial charge in [-0.1, -0.05) is 18.2 Å². The Morgan fingerprint density at radius 1 is 1.32 bits per heavy atom.